The molecule has 1 N–H and O–H groups in total. The molecule has 0 bridgehead atoms. The molecule has 0 aliphatic heterocycles. The van der Waals surface area contributed by atoms with E-state index in [4.69, 9.17) is 0 Å². The highest BCUT2D eigenvalue weighted by molar-refractivity contribution is 5.42. The Balaban J connectivity index is 2.08. The predicted molar refractivity (Wildman–Crippen MR) is 77.0 cm³/mol. The predicted octanol–water partition coefficient (Wildman–Crippen LogP) is 2.88. The van der Waals surface area contributed by atoms with Crippen LogP contribution < -0.4 is 10.2 Å². The van der Waals surface area contributed by atoms with Crippen molar-refractivity contribution < 1.29 is 0 Å². The van der Waals surface area contributed by atoms with Gasteiger partial charge in [-0.3, -0.25) is 0 Å². The Hall–Kier alpha value is -1.09. The lowest BCUT2D eigenvalue weighted by Gasteiger charge is -2.25. The summed E-state index contributed by atoms with van der Waals surface area (Å²) < 4.78 is 0. The summed E-state index contributed by atoms with van der Waals surface area (Å²) in [5.41, 5.74) is 2.45. The van der Waals surface area contributed by atoms with E-state index in [-0.39, 0.29) is 0 Å². The lowest BCUT2D eigenvalue weighted by atomic mass is 10.2. The van der Waals surface area contributed by atoms with Crippen LogP contribution in [0.1, 0.15) is 44.4 Å². The number of pyridine rings is 1. The van der Waals surface area contributed by atoms with E-state index in [1.165, 1.54) is 18.4 Å². The molecule has 1 fully saturated rings. The molecule has 100 valence electrons. The number of nitrogens with one attached hydrogen (secondary N) is 1. The summed E-state index contributed by atoms with van der Waals surface area (Å²) >= 11 is 0. The first-order valence-electron chi connectivity index (χ1n) is 7.04. The van der Waals surface area contributed by atoms with Crippen molar-refractivity contribution in [3.63, 3.8) is 0 Å². The highest BCUT2D eigenvalue weighted by atomic mass is 15.2. The van der Waals surface area contributed by atoms with Crippen molar-refractivity contribution in [1.82, 2.24) is 10.3 Å². The Morgan fingerprint density at radius 1 is 1.44 bits per heavy atom. The second kappa shape index (κ2) is 5.70. The minimum atomic E-state index is 0.531. The lowest BCUT2D eigenvalue weighted by Crippen LogP contribution is -2.29. The van der Waals surface area contributed by atoms with E-state index < -0.39 is 0 Å². The van der Waals surface area contributed by atoms with Gasteiger partial charge in [0, 0.05) is 31.4 Å². The summed E-state index contributed by atoms with van der Waals surface area (Å²) in [5.74, 6) is 1.09. The molecule has 2 rings (SSSR count). The molecular formula is C15H25N3. The molecule has 1 aromatic rings. The van der Waals surface area contributed by atoms with Crippen LogP contribution in [0.4, 0.5) is 5.82 Å². The van der Waals surface area contributed by atoms with Gasteiger partial charge in [-0.1, -0.05) is 6.92 Å². The third kappa shape index (κ3) is 3.45. The number of hydrogen-bond acceptors (Lipinski definition) is 3. The highest BCUT2D eigenvalue weighted by Crippen LogP contribution is 2.21. The molecule has 1 saturated carbocycles. The zero-order chi connectivity index (χ0) is 13.1. The summed E-state index contributed by atoms with van der Waals surface area (Å²) in [6.07, 6.45) is 3.81. The molecule has 3 heteroatoms. The van der Waals surface area contributed by atoms with E-state index in [0.29, 0.717) is 6.04 Å². The Labute approximate surface area is 111 Å². The molecule has 1 aliphatic rings. The topological polar surface area (TPSA) is 28.2 Å². The van der Waals surface area contributed by atoms with Crippen LogP contribution in [0.3, 0.4) is 0 Å². The summed E-state index contributed by atoms with van der Waals surface area (Å²) in [6, 6.07) is 5.69. The van der Waals surface area contributed by atoms with Crippen molar-refractivity contribution in [2.24, 2.45) is 0 Å². The van der Waals surface area contributed by atoms with Crippen molar-refractivity contribution in [2.45, 2.75) is 58.7 Å². The van der Waals surface area contributed by atoms with Crippen molar-refractivity contribution >= 4 is 5.82 Å². The molecular weight excluding hydrogens is 222 g/mol. The van der Waals surface area contributed by atoms with Crippen molar-refractivity contribution in [2.75, 3.05) is 11.9 Å². The van der Waals surface area contributed by atoms with E-state index in [9.17, 15) is 0 Å². The SMILES string of the molecule is CCC(C)N(C)c1cc(CNC2CC2)cc(C)n1. The number of aryl methyl sites for hydroxylation is 1. The van der Waals surface area contributed by atoms with Gasteiger partial charge in [0.25, 0.3) is 0 Å². The number of hydrogen-bond donors (Lipinski definition) is 1. The normalized spacial score (nSPS) is 16.7. The first kappa shape index (κ1) is 13.3. The molecule has 1 aromatic heterocycles. The first-order valence-corrected chi connectivity index (χ1v) is 7.04. The van der Waals surface area contributed by atoms with E-state index >= 15 is 0 Å². The monoisotopic (exact) mass is 247 g/mol. The number of anilines is 1. The van der Waals surface area contributed by atoms with E-state index in [0.717, 1.165) is 30.5 Å². The lowest BCUT2D eigenvalue weighted by molar-refractivity contribution is 0.652. The molecule has 1 heterocycles. The van der Waals surface area contributed by atoms with Crippen molar-refractivity contribution in [3.05, 3.63) is 23.4 Å². The Morgan fingerprint density at radius 3 is 2.78 bits per heavy atom. The van der Waals surface area contributed by atoms with E-state index in [1.54, 1.807) is 0 Å². The number of rotatable bonds is 6. The van der Waals surface area contributed by atoms with Crippen molar-refractivity contribution in [3.8, 4) is 0 Å². The second-order valence-electron chi connectivity index (χ2n) is 5.50. The largest absolute Gasteiger partial charge is 0.357 e. The molecule has 1 atom stereocenters. The number of nitrogens with zero attached hydrogens (tertiary/aromatic N) is 2. The standard InChI is InChI=1S/C15H25N3/c1-5-12(3)18(4)15-9-13(8-11(2)17-15)10-16-14-6-7-14/h8-9,12,14,16H,5-7,10H2,1-4H3. The second-order valence-corrected chi connectivity index (χ2v) is 5.50. The maximum Gasteiger partial charge on any atom is 0.129 e. The fourth-order valence-corrected chi connectivity index (χ4v) is 2.05. The smallest absolute Gasteiger partial charge is 0.129 e. The number of aromatic nitrogens is 1. The summed E-state index contributed by atoms with van der Waals surface area (Å²) in [4.78, 5) is 6.92. The average molecular weight is 247 g/mol. The Bertz CT molecular complexity index is 399. The quantitative estimate of drug-likeness (QED) is 0.838. The first-order chi connectivity index (χ1) is 8.60. The fraction of sp³-hybridized carbons (Fsp3) is 0.667. The molecule has 0 aromatic carbocycles. The molecule has 18 heavy (non-hydrogen) atoms. The molecule has 0 spiro atoms. The molecule has 1 aliphatic carbocycles. The van der Waals surface area contributed by atoms with Crippen LogP contribution >= 0.6 is 0 Å². The van der Waals surface area contributed by atoms with Crippen LogP contribution in [0.25, 0.3) is 0 Å². The van der Waals surface area contributed by atoms with Crippen LogP contribution in [0.15, 0.2) is 12.1 Å². The molecule has 0 radical (unpaired) electrons. The van der Waals surface area contributed by atoms with Gasteiger partial charge in [0.15, 0.2) is 0 Å². The summed E-state index contributed by atoms with van der Waals surface area (Å²) in [7, 11) is 2.13. The molecule has 0 amide bonds. The molecule has 0 saturated heterocycles. The third-order valence-corrected chi connectivity index (χ3v) is 3.79. The zero-order valence-corrected chi connectivity index (χ0v) is 12.0. The van der Waals surface area contributed by atoms with Gasteiger partial charge < -0.3 is 10.2 Å². The van der Waals surface area contributed by atoms with Gasteiger partial charge in [0.1, 0.15) is 5.82 Å². The minimum Gasteiger partial charge on any atom is -0.357 e. The summed E-state index contributed by atoms with van der Waals surface area (Å²) in [6.45, 7) is 7.50. The summed E-state index contributed by atoms with van der Waals surface area (Å²) in [5, 5.41) is 3.56. The van der Waals surface area contributed by atoms with Crippen LogP contribution in [-0.4, -0.2) is 24.1 Å². The van der Waals surface area contributed by atoms with Gasteiger partial charge in [0.2, 0.25) is 0 Å². The maximum absolute atomic E-state index is 4.64. The van der Waals surface area contributed by atoms with Crippen LogP contribution in [-0.2, 0) is 6.54 Å². The van der Waals surface area contributed by atoms with Crippen molar-refractivity contribution in [1.29, 1.82) is 0 Å². The molecule has 3 nitrogen and oxygen atoms in total. The van der Waals surface area contributed by atoms with Gasteiger partial charge in [-0.25, -0.2) is 4.98 Å². The van der Waals surface area contributed by atoms with Crippen LogP contribution in [0.5, 0.6) is 0 Å². The van der Waals surface area contributed by atoms with Gasteiger partial charge in [-0.05, 0) is 50.8 Å². The van der Waals surface area contributed by atoms with Gasteiger partial charge in [0.05, 0.1) is 0 Å². The highest BCUT2D eigenvalue weighted by Gasteiger charge is 2.20. The minimum absolute atomic E-state index is 0.531. The Kier molecular flexibility index (Phi) is 4.23. The van der Waals surface area contributed by atoms with Gasteiger partial charge in [-0.15, -0.1) is 0 Å². The Morgan fingerprint density at radius 2 is 2.17 bits per heavy atom. The van der Waals surface area contributed by atoms with E-state index in [2.05, 4.69) is 55.2 Å². The zero-order valence-electron chi connectivity index (χ0n) is 12.0. The third-order valence-electron chi connectivity index (χ3n) is 3.79. The van der Waals surface area contributed by atoms with Crippen LogP contribution in [0, 0.1) is 6.92 Å². The maximum atomic E-state index is 4.64. The molecule has 1 unspecified atom stereocenters. The van der Waals surface area contributed by atoms with Gasteiger partial charge in [-0.2, -0.15) is 0 Å². The van der Waals surface area contributed by atoms with Gasteiger partial charge >= 0.3 is 0 Å². The van der Waals surface area contributed by atoms with E-state index in [1.807, 2.05) is 0 Å². The average Bonchev–Trinajstić information content (AvgIpc) is 3.18. The van der Waals surface area contributed by atoms with Crippen LogP contribution in [0.2, 0.25) is 0 Å². The fourth-order valence-electron chi connectivity index (χ4n) is 2.05.